The molecule has 1 aromatic carbocycles. The molecule has 1 saturated heterocycles. The van der Waals surface area contributed by atoms with Crippen molar-refractivity contribution < 1.29 is 0 Å². The van der Waals surface area contributed by atoms with Crippen LogP contribution in [0, 0.1) is 5.92 Å². The van der Waals surface area contributed by atoms with Gasteiger partial charge in [-0.05, 0) is 62.8 Å². The van der Waals surface area contributed by atoms with Crippen LogP contribution in [0.5, 0.6) is 0 Å². The number of piperazine rings is 1. The Morgan fingerprint density at radius 2 is 1.82 bits per heavy atom. The van der Waals surface area contributed by atoms with Crippen LogP contribution in [0.1, 0.15) is 43.3 Å². The van der Waals surface area contributed by atoms with Crippen molar-refractivity contribution in [2.45, 2.75) is 45.4 Å². The SMILES string of the molecule is CC1CCc2c(nc(CCCCN3CCN(c4ccc5ccccc5n4)CC3)n(C)c2=O)C1. The molecule has 0 saturated carbocycles. The Hall–Kier alpha value is -2.73. The summed E-state index contributed by atoms with van der Waals surface area (Å²) in [7, 11) is 1.89. The van der Waals surface area contributed by atoms with Crippen molar-refractivity contribution in [1.29, 1.82) is 0 Å². The third kappa shape index (κ3) is 4.81. The van der Waals surface area contributed by atoms with E-state index in [-0.39, 0.29) is 5.56 Å². The van der Waals surface area contributed by atoms with Crippen LogP contribution < -0.4 is 10.5 Å². The van der Waals surface area contributed by atoms with E-state index >= 15 is 0 Å². The lowest BCUT2D eigenvalue weighted by molar-refractivity contribution is 0.252. The van der Waals surface area contributed by atoms with E-state index in [0.717, 1.165) is 99.7 Å². The van der Waals surface area contributed by atoms with Gasteiger partial charge < -0.3 is 4.90 Å². The van der Waals surface area contributed by atoms with Crippen molar-refractivity contribution in [3.05, 3.63) is 63.8 Å². The fourth-order valence-corrected chi connectivity index (χ4v) is 5.26. The van der Waals surface area contributed by atoms with Crippen LogP contribution in [0.4, 0.5) is 5.82 Å². The van der Waals surface area contributed by atoms with Crippen LogP contribution in [-0.2, 0) is 26.3 Å². The first-order valence-electron chi connectivity index (χ1n) is 12.5. The number of pyridine rings is 1. The number of hydrogen-bond donors (Lipinski definition) is 0. The standard InChI is InChI=1S/C27H35N5O/c1-20-10-12-22-24(19-20)29-25(30(2)27(22)33)9-5-6-14-31-15-17-32(18-16-31)26-13-11-21-7-3-4-8-23(21)28-26/h3-4,7-8,11,13,20H,5-6,9-10,12,14-19H2,1-2H3. The van der Waals surface area contributed by atoms with Crippen molar-refractivity contribution in [3.8, 4) is 0 Å². The number of benzene rings is 1. The van der Waals surface area contributed by atoms with Crippen LogP contribution in [-0.4, -0.2) is 52.2 Å². The minimum Gasteiger partial charge on any atom is -0.354 e. The average Bonchev–Trinajstić information content (AvgIpc) is 2.84. The summed E-state index contributed by atoms with van der Waals surface area (Å²) in [5.41, 5.74) is 3.26. The number of unbranched alkanes of at least 4 members (excludes halogenated alkanes) is 1. The number of hydrogen-bond acceptors (Lipinski definition) is 5. The predicted octanol–water partition coefficient (Wildman–Crippen LogP) is 3.60. The van der Waals surface area contributed by atoms with E-state index in [2.05, 4.69) is 53.1 Å². The highest BCUT2D eigenvalue weighted by Gasteiger charge is 2.22. The molecule has 33 heavy (non-hydrogen) atoms. The molecule has 1 atom stereocenters. The number of aryl methyl sites for hydroxylation is 1. The molecule has 3 heterocycles. The minimum atomic E-state index is 0.181. The number of para-hydroxylation sites is 1. The monoisotopic (exact) mass is 445 g/mol. The smallest absolute Gasteiger partial charge is 0.256 e. The zero-order chi connectivity index (χ0) is 22.8. The van der Waals surface area contributed by atoms with E-state index in [1.807, 2.05) is 7.05 Å². The zero-order valence-electron chi connectivity index (χ0n) is 20.0. The molecule has 5 rings (SSSR count). The van der Waals surface area contributed by atoms with Gasteiger partial charge >= 0.3 is 0 Å². The lowest BCUT2D eigenvalue weighted by Gasteiger charge is -2.35. The molecule has 1 unspecified atom stereocenters. The van der Waals surface area contributed by atoms with Crippen molar-refractivity contribution in [2.75, 3.05) is 37.6 Å². The van der Waals surface area contributed by atoms with Gasteiger partial charge in [0.1, 0.15) is 11.6 Å². The predicted molar refractivity (Wildman–Crippen MR) is 134 cm³/mol. The van der Waals surface area contributed by atoms with Crippen LogP contribution in [0.25, 0.3) is 10.9 Å². The number of fused-ring (bicyclic) bond motifs is 2. The normalized spacial score (nSPS) is 19.1. The topological polar surface area (TPSA) is 54.3 Å². The summed E-state index contributed by atoms with van der Waals surface area (Å²) in [6.07, 6.45) is 6.03. The molecule has 1 fully saturated rings. The van der Waals surface area contributed by atoms with Crippen molar-refractivity contribution in [3.63, 3.8) is 0 Å². The number of anilines is 1. The lowest BCUT2D eigenvalue weighted by Crippen LogP contribution is -2.46. The van der Waals surface area contributed by atoms with E-state index < -0.39 is 0 Å². The summed E-state index contributed by atoms with van der Waals surface area (Å²) < 4.78 is 1.80. The zero-order valence-corrected chi connectivity index (χ0v) is 20.0. The first-order chi connectivity index (χ1) is 16.1. The van der Waals surface area contributed by atoms with Crippen LogP contribution in [0.2, 0.25) is 0 Å². The maximum absolute atomic E-state index is 12.7. The van der Waals surface area contributed by atoms with Gasteiger partial charge in [-0.2, -0.15) is 0 Å². The summed E-state index contributed by atoms with van der Waals surface area (Å²) in [4.78, 5) is 27.5. The maximum Gasteiger partial charge on any atom is 0.256 e. The summed E-state index contributed by atoms with van der Waals surface area (Å²) in [5.74, 6) is 2.68. The molecular formula is C27H35N5O. The molecule has 3 aromatic rings. The van der Waals surface area contributed by atoms with E-state index in [1.165, 1.54) is 5.39 Å². The van der Waals surface area contributed by atoms with Gasteiger partial charge in [-0.15, -0.1) is 0 Å². The highest BCUT2D eigenvalue weighted by molar-refractivity contribution is 5.80. The first-order valence-corrected chi connectivity index (χ1v) is 12.5. The second-order valence-electron chi connectivity index (χ2n) is 9.81. The van der Waals surface area contributed by atoms with Gasteiger partial charge in [-0.3, -0.25) is 14.3 Å². The van der Waals surface area contributed by atoms with E-state index in [9.17, 15) is 4.79 Å². The summed E-state index contributed by atoms with van der Waals surface area (Å²) in [6, 6.07) is 12.6. The Kier molecular flexibility index (Phi) is 6.45. The van der Waals surface area contributed by atoms with E-state index in [4.69, 9.17) is 9.97 Å². The molecule has 0 bridgehead atoms. The molecule has 0 radical (unpaired) electrons. The molecular weight excluding hydrogens is 410 g/mol. The molecule has 2 aliphatic rings. The largest absolute Gasteiger partial charge is 0.354 e. The summed E-state index contributed by atoms with van der Waals surface area (Å²) in [6.45, 7) is 7.55. The number of aromatic nitrogens is 3. The Bertz CT molecular complexity index is 1180. The fourth-order valence-electron chi connectivity index (χ4n) is 5.26. The molecule has 6 heteroatoms. The molecule has 174 valence electrons. The molecule has 0 N–H and O–H groups in total. The molecule has 1 aliphatic carbocycles. The molecule has 0 amide bonds. The Morgan fingerprint density at radius 3 is 2.67 bits per heavy atom. The highest BCUT2D eigenvalue weighted by atomic mass is 16.1. The Morgan fingerprint density at radius 1 is 1.00 bits per heavy atom. The van der Waals surface area contributed by atoms with Gasteiger partial charge in [0.15, 0.2) is 0 Å². The van der Waals surface area contributed by atoms with Crippen LogP contribution in [0.15, 0.2) is 41.2 Å². The van der Waals surface area contributed by atoms with Crippen LogP contribution in [0.3, 0.4) is 0 Å². The van der Waals surface area contributed by atoms with Crippen molar-refractivity contribution >= 4 is 16.7 Å². The number of nitrogens with zero attached hydrogens (tertiary/aromatic N) is 5. The Labute approximate surface area is 196 Å². The van der Waals surface area contributed by atoms with Gasteiger partial charge in [0.2, 0.25) is 0 Å². The van der Waals surface area contributed by atoms with E-state index in [0.29, 0.717) is 5.92 Å². The van der Waals surface area contributed by atoms with Gasteiger partial charge in [-0.25, -0.2) is 9.97 Å². The quantitative estimate of drug-likeness (QED) is 0.543. The van der Waals surface area contributed by atoms with Gasteiger partial charge in [0.05, 0.1) is 11.2 Å². The Balaban J connectivity index is 1.11. The molecule has 0 spiro atoms. The lowest BCUT2D eigenvalue weighted by atomic mass is 9.88. The first kappa shape index (κ1) is 22.1. The van der Waals surface area contributed by atoms with Crippen molar-refractivity contribution in [2.24, 2.45) is 13.0 Å². The van der Waals surface area contributed by atoms with Gasteiger partial charge in [0.25, 0.3) is 5.56 Å². The summed E-state index contributed by atoms with van der Waals surface area (Å²) in [5, 5.41) is 1.19. The molecule has 2 aromatic heterocycles. The second-order valence-corrected chi connectivity index (χ2v) is 9.81. The fraction of sp³-hybridized carbons (Fsp3) is 0.519. The minimum absolute atomic E-state index is 0.181. The van der Waals surface area contributed by atoms with E-state index in [1.54, 1.807) is 4.57 Å². The third-order valence-electron chi connectivity index (χ3n) is 7.40. The van der Waals surface area contributed by atoms with Gasteiger partial charge in [0, 0.05) is 50.6 Å². The highest BCUT2D eigenvalue weighted by Crippen LogP contribution is 2.22. The second kappa shape index (κ2) is 9.64. The summed E-state index contributed by atoms with van der Waals surface area (Å²) >= 11 is 0. The number of rotatable bonds is 6. The third-order valence-corrected chi connectivity index (χ3v) is 7.40. The van der Waals surface area contributed by atoms with Crippen molar-refractivity contribution in [1.82, 2.24) is 19.4 Å². The molecule has 1 aliphatic heterocycles. The van der Waals surface area contributed by atoms with Gasteiger partial charge in [-0.1, -0.05) is 25.1 Å². The molecule has 6 nitrogen and oxygen atoms in total. The average molecular weight is 446 g/mol. The van der Waals surface area contributed by atoms with Crippen LogP contribution >= 0.6 is 0 Å². The maximum atomic E-state index is 12.7.